The fourth-order valence-corrected chi connectivity index (χ4v) is 7.04. The first-order valence-electron chi connectivity index (χ1n) is 20.0. The summed E-state index contributed by atoms with van der Waals surface area (Å²) in [6, 6.07) is 31.8. The summed E-state index contributed by atoms with van der Waals surface area (Å²) in [6.07, 6.45) is 3.57. The summed E-state index contributed by atoms with van der Waals surface area (Å²) in [5.41, 5.74) is 5.28. The number of amides is 3. The molecule has 11 heteroatoms. The van der Waals surface area contributed by atoms with Gasteiger partial charge in [-0.05, 0) is 85.0 Å². The Morgan fingerprint density at radius 2 is 1.44 bits per heavy atom. The van der Waals surface area contributed by atoms with Crippen molar-refractivity contribution in [3.05, 3.63) is 151 Å². The van der Waals surface area contributed by atoms with E-state index in [9.17, 15) is 24.3 Å². The summed E-state index contributed by atoms with van der Waals surface area (Å²) in [5, 5.41) is 18.5. The van der Waals surface area contributed by atoms with Gasteiger partial charge in [-0.1, -0.05) is 103 Å². The number of fused-ring (bicyclic) bond motifs is 3. The van der Waals surface area contributed by atoms with E-state index in [-0.39, 0.29) is 45.0 Å². The Balaban J connectivity index is 1.08. The van der Waals surface area contributed by atoms with E-state index in [0.717, 1.165) is 33.4 Å². The standard InChI is InChI=1S/C48H55N3O8/c1-5-7-22-43(50-47(56)58-31-42-40-20-13-11-18-38(40)39-19-12-14-21-41(39)42)46(55)59-32-48(3,4)51-45(54)35(15-6-2)28-44(53)49-36(29-52)27-33-23-25-37(26-24-33)57-30-34-16-9-8-10-17-34/h5-6,8-14,16-21,23-26,35-36,42-43,52H,1-2,7,15,22,27-32H2,3-4H3,(H,49,53)(H,50,56)(H,51,54). The Bertz CT molecular complexity index is 2000. The summed E-state index contributed by atoms with van der Waals surface area (Å²) in [7, 11) is 0. The van der Waals surface area contributed by atoms with Gasteiger partial charge in [-0.15, -0.1) is 13.2 Å². The Kier molecular flexibility index (Phi) is 16.0. The number of nitrogens with one attached hydrogen (secondary N) is 3. The molecule has 3 amide bonds. The lowest BCUT2D eigenvalue weighted by Gasteiger charge is -2.29. The molecule has 0 heterocycles. The molecule has 4 aromatic carbocycles. The maximum atomic E-state index is 13.5. The van der Waals surface area contributed by atoms with E-state index in [1.165, 1.54) is 0 Å². The minimum Gasteiger partial charge on any atom is -0.489 e. The average molecular weight is 802 g/mol. The minimum absolute atomic E-state index is 0.0895. The molecule has 0 aromatic heterocycles. The second kappa shape index (κ2) is 21.5. The summed E-state index contributed by atoms with van der Waals surface area (Å²) < 4.78 is 17.2. The molecule has 0 fully saturated rings. The van der Waals surface area contributed by atoms with Crippen molar-refractivity contribution in [3.63, 3.8) is 0 Å². The fraction of sp³-hybridized carbons (Fsp3) is 0.333. The van der Waals surface area contributed by atoms with E-state index in [1.54, 1.807) is 26.0 Å². The van der Waals surface area contributed by atoms with Gasteiger partial charge in [-0.25, -0.2) is 9.59 Å². The zero-order valence-electron chi connectivity index (χ0n) is 33.9. The van der Waals surface area contributed by atoms with E-state index >= 15 is 0 Å². The van der Waals surface area contributed by atoms with E-state index in [4.69, 9.17) is 14.2 Å². The van der Waals surface area contributed by atoms with Gasteiger partial charge in [0.15, 0.2) is 0 Å². The molecule has 0 aliphatic heterocycles. The number of allylic oxidation sites excluding steroid dienone is 2. The highest BCUT2D eigenvalue weighted by atomic mass is 16.6. The SMILES string of the molecule is C=CCCC(NC(=O)OCC1c2ccccc2-c2ccccc21)C(=O)OCC(C)(C)NC(=O)C(CC=C)CC(=O)NC(CO)Cc1ccc(OCc2ccccc2)cc1. The molecule has 4 N–H and O–H groups in total. The zero-order chi connectivity index (χ0) is 42.2. The smallest absolute Gasteiger partial charge is 0.407 e. The molecular weight excluding hydrogens is 747 g/mol. The molecule has 5 rings (SSSR count). The van der Waals surface area contributed by atoms with Crippen LogP contribution >= 0.6 is 0 Å². The predicted molar refractivity (Wildman–Crippen MR) is 227 cm³/mol. The molecule has 3 unspecified atom stereocenters. The summed E-state index contributed by atoms with van der Waals surface area (Å²) in [6.45, 7) is 10.9. The van der Waals surface area contributed by atoms with Crippen molar-refractivity contribution in [1.29, 1.82) is 0 Å². The highest BCUT2D eigenvalue weighted by molar-refractivity contribution is 5.86. The fourth-order valence-electron chi connectivity index (χ4n) is 7.04. The maximum Gasteiger partial charge on any atom is 0.407 e. The quantitative estimate of drug-likeness (QED) is 0.0482. The number of hydrogen-bond donors (Lipinski definition) is 4. The van der Waals surface area contributed by atoms with Crippen LogP contribution in [0.25, 0.3) is 11.1 Å². The summed E-state index contributed by atoms with van der Waals surface area (Å²) in [5.74, 6) is -1.71. The predicted octanol–water partition coefficient (Wildman–Crippen LogP) is 7.18. The molecule has 3 atom stereocenters. The van der Waals surface area contributed by atoms with Crippen molar-refractivity contribution in [2.75, 3.05) is 19.8 Å². The molecule has 0 saturated heterocycles. The summed E-state index contributed by atoms with van der Waals surface area (Å²) in [4.78, 5) is 53.0. The van der Waals surface area contributed by atoms with Crippen molar-refractivity contribution in [2.45, 2.75) is 76.1 Å². The molecule has 310 valence electrons. The molecule has 1 aliphatic rings. The number of benzene rings is 4. The molecule has 11 nitrogen and oxygen atoms in total. The molecule has 1 aliphatic carbocycles. The molecule has 0 saturated carbocycles. The first kappa shape index (κ1) is 43.9. The van der Waals surface area contributed by atoms with Crippen LogP contribution in [0.1, 0.15) is 67.7 Å². The van der Waals surface area contributed by atoms with Crippen LogP contribution in [-0.2, 0) is 36.9 Å². The second-order valence-corrected chi connectivity index (χ2v) is 15.4. The molecule has 0 bridgehead atoms. The van der Waals surface area contributed by atoms with Gasteiger partial charge in [0.2, 0.25) is 11.8 Å². The Morgan fingerprint density at radius 1 is 0.797 bits per heavy atom. The van der Waals surface area contributed by atoms with Crippen LogP contribution in [0.2, 0.25) is 0 Å². The number of aliphatic hydroxyl groups is 1. The van der Waals surface area contributed by atoms with E-state index in [1.807, 2.05) is 91.0 Å². The van der Waals surface area contributed by atoms with Gasteiger partial charge < -0.3 is 35.3 Å². The van der Waals surface area contributed by atoms with Gasteiger partial charge in [-0.3, -0.25) is 9.59 Å². The number of ether oxygens (including phenoxy) is 3. The first-order chi connectivity index (χ1) is 28.5. The van der Waals surface area contributed by atoms with Gasteiger partial charge in [0, 0.05) is 12.3 Å². The van der Waals surface area contributed by atoms with E-state index in [0.29, 0.717) is 25.2 Å². The Hall–Kier alpha value is -6.20. The Morgan fingerprint density at radius 3 is 2.07 bits per heavy atom. The van der Waals surface area contributed by atoms with Gasteiger partial charge in [0.25, 0.3) is 0 Å². The van der Waals surface area contributed by atoms with Gasteiger partial charge >= 0.3 is 12.1 Å². The summed E-state index contributed by atoms with van der Waals surface area (Å²) >= 11 is 0. The van der Waals surface area contributed by atoms with Crippen molar-refractivity contribution in [2.24, 2.45) is 5.92 Å². The van der Waals surface area contributed by atoms with Crippen LogP contribution in [0.3, 0.4) is 0 Å². The highest BCUT2D eigenvalue weighted by Crippen LogP contribution is 2.44. The molecule has 0 spiro atoms. The van der Waals surface area contributed by atoms with Crippen LogP contribution in [0.4, 0.5) is 4.79 Å². The van der Waals surface area contributed by atoms with Crippen molar-refractivity contribution in [1.82, 2.24) is 16.0 Å². The largest absolute Gasteiger partial charge is 0.489 e. The highest BCUT2D eigenvalue weighted by Gasteiger charge is 2.32. The number of hydrogen-bond acceptors (Lipinski definition) is 8. The van der Waals surface area contributed by atoms with Crippen LogP contribution in [0.15, 0.2) is 128 Å². The van der Waals surface area contributed by atoms with E-state index in [2.05, 4.69) is 41.2 Å². The van der Waals surface area contributed by atoms with Gasteiger partial charge in [-0.2, -0.15) is 0 Å². The molecule has 4 aromatic rings. The lowest BCUT2D eigenvalue weighted by atomic mass is 9.97. The first-order valence-corrected chi connectivity index (χ1v) is 20.0. The van der Waals surface area contributed by atoms with Crippen LogP contribution < -0.4 is 20.7 Å². The van der Waals surface area contributed by atoms with Crippen LogP contribution in [0, 0.1) is 5.92 Å². The zero-order valence-corrected chi connectivity index (χ0v) is 33.9. The number of rotatable bonds is 22. The molecular formula is C48H55N3O8. The van der Waals surface area contributed by atoms with Crippen molar-refractivity contribution < 1.29 is 38.5 Å². The van der Waals surface area contributed by atoms with Crippen molar-refractivity contribution in [3.8, 4) is 16.9 Å². The molecule has 0 radical (unpaired) electrons. The number of carbonyl (C=O) groups excluding carboxylic acids is 4. The topological polar surface area (TPSA) is 152 Å². The van der Waals surface area contributed by atoms with Gasteiger partial charge in [0.05, 0.1) is 24.1 Å². The lowest BCUT2D eigenvalue weighted by molar-refractivity contribution is -0.149. The van der Waals surface area contributed by atoms with Crippen LogP contribution in [0.5, 0.6) is 5.75 Å². The third-order valence-electron chi connectivity index (χ3n) is 10.1. The monoisotopic (exact) mass is 801 g/mol. The normalized spacial score (nSPS) is 13.4. The number of alkyl carbamates (subject to hydrolysis) is 1. The average Bonchev–Trinajstić information content (AvgIpc) is 3.56. The third kappa shape index (κ3) is 12.9. The second-order valence-electron chi connectivity index (χ2n) is 15.4. The third-order valence-corrected chi connectivity index (χ3v) is 10.1. The number of carbonyl (C=O) groups is 4. The van der Waals surface area contributed by atoms with Crippen LogP contribution in [-0.4, -0.2) is 66.4 Å². The number of esters is 1. The van der Waals surface area contributed by atoms with Crippen molar-refractivity contribution >= 4 is 23.9 Å². The number of aliphatic hydroxyl groups excluding tert-OH is 1. The molecule has 59 heavy (non-hydrogen) atoms. The maximum absolute atomic E-state index is 13.5. The minimum atomic E-state index is -1.03. The van der Waals surface area contributed by atoms with E-state index < -0.39 is 47.4 Å². The van der Waals surface area contributed by atoms with Gasteiger partial charge in [0.1, 0.15) is 31.6 Å². The Labute approximate surface area is 346 Å². The lowest BCUT2D eigenvalue weighted by Crippen LogP contribution is -2.51.